The van der Waals surface area contributed by atoms with Crippen LogP contribution in [0.1, 0.15) is 5.56 Å². The molecule has 1 rings (SSSR count). The van der Waals surface area contributed by atoms with Gasteiger partial charge in [0.1, 0.15) is 5.69 Å². The van der Waals surface area contributed by atoms with Gasteiger partial charge in [-0.2, -0.15) is 13.2 Å². The molecule has 1 aromatic carbocycles. The molecular formula is C7H3ClF3NO. The Balaban J connectivity index is 3.17. The summed E-state index contributed by atoms with van der Waals surface area (Å²) in [7, 11) is 0. The second-order valence-corrected chi connectivity index (χ2v) is 2.66. The van der Waals surface area contributed by atoms with E-state index in [-0.39, 0.29) is 10.7 Å². The lowest BCUT2D eigenvalue weighted by Crippen LogP contribution is -2.03. The fourth-order valence-corrected chi connectivity index (χ4v) is 0.972. The minimum atomic E-state index is -4.45. The van der Waals surface area contributed by atoms with Crippen LogP contribution in [0.2, 0.25) is 5.02 Å². The van der Waals surface area contributed by atoms with Crippen molar-refractivity contribution in [2.75, 3.05) is 0 Å². The molecule has 0 saturated heterocycles. The minimum absolute atomic E-state index is 0.199. The summed E-state index contributed by atoms with van der Waals surface area (Å²) in [5.41, 5.74) is -1.10. The molecule has 0 bridgehead atoms. The van der Waals surface area contributed by atoms with E-state index in [2.05, 4.69) is 5.18 Å². The number of alkyl halides is 3. The van der Waals surface area contributed by atoms with E-state index < -0.39 is 11.7 Å². The third-order valence-electron chi connectivity index (χ3n) is 1.37. The molecule has 0 aliphatic rings. The van der Waals surface area contributed by atoms with E-state index in [0.717, 1.165) is 12.1 Å². The number of benzene rings is 1. The monoisotopic (exact) mass is 209 g/mol. The molecule has 1 aromatic rings. The van der Waals surface area contributed by atoms with Crippen molar-refractivity contribution in [3.05, 3.63) is 33.7 Å². The third kappa shape index (κ3) is 2.18. The molecule has 0 spiro atoms. The zero-order chi connectivity index (χ0) is 10.1. The Morgan fingerprint density at radius 1 is 1.31 bits per heavy atom. The van der Waals surface area contributed by atoms with Gasteiger partial charge in [0.05, 0.1) is 10.6 Å². The van der Waals surface area contributed by atoms with Crippen LogP contribution in [-0.4, -0.2) is 0 Å². The summed E-state index contributed by atoms with van der Waals surface area (Å²) in [6, 6.07) is 2.35. The van der Waals surface area contributed by atoms with Crippen LogP contribution in [0.4, 0.5) is 18.9 Å². The van der Waals surface area contributed by atoms with Gasteiger partial charge in [-0.3, -0.25) is 0 Å². The lowest BCUT2D eigenvalue weighted by atomic mass is 10.2. The highest BCUT2D eigenvalue weighted by Gasteiger charge is 2.30. The maximum Gasteiger partial charge on any atom is 0.416 e. The molecule has 6 heteroatoms. The summed E-state index contributed by atoms with van der Waals surface area (Å²) < 4.78 is 36.1. The summed E-state index contributed by atoms with van der Waals surface area (Å²) in [5.74, 6) is 0. The van der Waals surface area contributed by atoms with Crippen LogP contribution in [0.15, 0.2) is 23.4 Å². The van der Waals surface area contributed by atoms with E-state index in [4.69, 9.17) is 11.6 Å². The van der Waals surface area contributed by atoms with Crippen LogP contribution in [0.3, 0.4) is 0 Å². The Morgan fingerprint density at radius 3 is 2.31 bits per heavy atom. The predicted molar refractivity (Wildman–Crippen MR) is 41.9 cm³/mol. The van der Waals surface area contributed by atoms with E-state index in [9.17, 15) is 18.1 Å². The fraction of sp³-hybridized carbons (Fsp3) is 0.143. The molecule has 0 atom stereocenters. The van der Waals surface area contributed by atoms with Crippen molar-refractivity contribution in [2.24, 2.45) is 5.18 Å². The van der Waals surface area contributed by atoms with Crippen molar-refractivity contribution >= 4 is 17.3 Å². The van der Waals surface area contributed by atoms with Crippen LogP contribution in [0.25, 0.3) is 0 Å². The van der Waals surface area contributed by atoms with Gasteiger partial charge in [0.25, 0.3) is 0 Å². The van der Waals surface area contributed by atoms with Crippen LogP contribution >= 0.6 is 11.6 Å². The van der Waals surface area contributed by atoms with Crippen molar-refractivity contribution in [1.82, 2.24) is 0 Å². The smallest absolute Gasteiger partial charge is 0.166 e. The Morgan fingerprint density at radius 2 is 1.92 bits per heavy atom. The summed E-state index contributed by atoms with van der Waals surface area (Å²) in [5, 5.41) is 2.14. The maximum absolute atomic E-state index is 12.0. The summed E-state index contributed by atoms with van der Waals surface area (Å²) in [6.45, 7) is 0. The lowest BCUT2D eigenvalue weighted by Gasteiger charge is -2.06. The number of nitroso groups, excluding NO2 is 1. The fourth-order valence-electron chi connectivity index (χ4n) is 0.757. The van der Waals surface area contributed by atoms with Gasteiger partial charge in [-0.05, 0) is 23.4 Å². The van der Waals surface area contributed by atoms with Gasteiger partial charge in [-0.1, -0.05) is 11.6 Å². The van der Waals surface area contributed by atoms with Crippen molar-refractivity contribution in [1.29, 1.82) is 0 Å². The maximum atomic E-state index is 12.0. The molecule has 0 heterocycles. The first-order valence-electron chi connectivity index (χ1n) is 3.15. The quantitative estimate of drug-likeness (QED) is 0.648. The average Bonchev–Trinajstić information content (AvgIpc) is 2.02. The molecule has 0 aliphatic heterocycles. The Kier molecular flexibility index (Phi) is 2.56. The van der Waals surface area contributed by atoms with Gasteiger partial charge < -0.3 is 0 Å². The second kappa shape index (κ2) is 3.33. The third-order valence-corrected chi connectivity index (χ3v) is 1.68. The Bertz CT molecular complexity index is 337. The standard InChI is InChI=1S/C7H3ClF3NO/c8-5-3-4(7(9,10)11)1-2-6(5)12-13/h1-3H. The summed E-state index contributed by atoms with van der Waals surface area (Å²) in [6.07, 6.45) is -4.45. The predicted octanol–water partition coefficient (Wildman–Crippen LogP) is 3.76. The number of halogens is 4. The van der Waals surface area contributed by atoms with Crippen LogP contribution in [-0.2, 0) is 6.18 Å². The Hall–Kier alpha value is -1.10. The summed E-state index contributed by atoms with van der Waals surface area (Å²) >= 11 is 5.34. The van der Waals surface area contributed by atoms with Crippen molar-refractivity contribution in [3.8, 4) is 0 Å². The number of rotatable bonds is 1. The van der Waals surface area contributed by atoms with Gasteiger partial charge in [0.15, 0.2) is 0 Å². The highest BCUT2D eigenvalue weighted by atomic mass is 35.5. The van der Waals surface area contributed by atoms with Crippen LogP contribution < -0.4 is 0 Å². The topological polar surface area (TPSA) is 29.4 Å². The number of hydrogen-bond acceptors (Lipinski definition) is 2. The van der Waals surface area contributed by atoms with Gasteiger partial charge in [-0.15, -0.1) is 4.91 Å². The Labute approximate surface area is 76.3 Å². The molecule has 70 valence electrons. The number of hydrogen-bond donors (Lipinski definition) is 0. The van der Waals surface area contributed by atoms with Gasteiger partial charge in [0, 0.05) is 0 Å². The van der Waals surface area contributed by atoms with Crippen molar-refractivity contribution in [3.63, 3.8) is 0 Å². The molecule has 0 radical (unpaired) electrons. The van der Waals surface area contributed by atoms with E-state index in [1.54, 1.807) is 0 Å². The molecule has 0 aliphatic carbocycles. The first kappa shape index (κ1) is 9.98. The van der Waals surface area contributed by atoms with Gasteiger partial charge in [-0.25, -0.2) is 0 Å². The normalized spacial score (nSPS) is 11.4. The zero-order valence-corrected chi connectivity index (χ0v) is 6.86. The molecule has 0 amide bonds. The van der Waals surface area contributed by atoms with Crippen LogP contribution in [0.5, 0.6) is 0 Å². The lowest BCUT2D eigenvalue weighted by molar-refractivity contribution is -0.137. The first-order valence-corrected chi connectivity index (χ1v) is 3.53. The largest absolute Gasteiger partial charge is 0.416 e. The van der Waals surface area contributed by atoms with E-state index >= 15 is 0 Å². The average molecular weight is 210 g/mol. The second-order valence-electron chi connectivity index (χ2n) is 2.26. The molecule has 0 fully saturated rings. The highest BCUT2D eigenvalue weighted by Crippen LogP contribution is 2.34. The SMILES string of the molecule is O=Nc1ccc(C(F)(F)F)cc1Cl. The molecule has 0 aromatic heterocycles. The highest BCUT2D eigenvalue weighted by molar-refractivity contribution is 6.33. The number of nitrogens with zero attached hydrogens (tertiary/aromatic N) is 1. The van der Waals surface area contributed by atoms with E-state index in [1.807, 2.05) is 0 Å². The van der Waals surface area contributed by atoms with E-state index in [1.165, 1.54) is 0 Å². The zero-order valence-electron chi connectivity index (χ0n) is 6.10. The van der Waals surface area contributed by atoms with E-state index in [0.29, 0.717) is 6.07 Å². The minimum Gasteiger partial charge on any atom is -0.166 e. The molecule has 13 heavy (non-hydrogen) atoms. The molecule has 0 N–H and O–H groups in total. The van der Waals surface area contributed by atoms with Gasteiger partial charge >= 0.3 is 6.18 Å². The van der Waals surface area contributed by atoms with Gasteiger partial charge in [0.2, 0.25) is 0 Å². The van der Waals surface area contributed by atoms with Crippen molar-refractivity contribution < 1.29 is 13.2 Å². The molecule has 0 unspecified atom stereocenters. The van der Waals surface area contributed by atoms with Crippen molar-refractivity contribution in [2.45, 2.75) is 6.18 Å². The molecular weight excluding hydrogens is 207 g/mol. The molecule has 0 saturated carbocycles. The van der Waals surface area contributed by atoms with Crippen LogP contribution in [0, 0.1) is 4.91 Å². The first-order chi connectivity index (χ1) is 5.95. The summed E-state index contributed by atoms with van der Waals surface area (Å²) in [4.78, 5) is 9.97. The molecule has 2 nitrogen and oxygen atoms in total.